The summed E-state index contributed by atoms with van der Waals surface area (Å²) in [7, 11) is 0. The highest BCUT2D eigenvalue weighted by Crippen LogP contribution is 2.23. The van der Waals surface area contributed by atoms with Crippen LogP contribution in [0.15, 0.2) is 81.3 Å². The van der Waals surface area contributed by atoms with E-state index in [9.17, 15) is 9.59 Å². The number of carbonyl (C=O) groups excluding carboxylic acids is 1. The molecule has 0 radical (unpaired) electrons. The Balaban J connectivity index is 1.67. The minimum Gasteiger partial charge on any atom is -0.467 e. The molecule has 8 heteroatoms. The van der Waals surface area contributed by atoms with E-state index in [1.54, 1.807) is 40.0 Å². The smallest absolute Gasteiger partial charge is 0.266 e. The van der Waals surface area contributed by atoms with Gasteiger partial charge in [-0.25, -0.2) is 4.98 Å². The van der Waals surface area contributed by atoms with Crippen LogP contribution in [0, 0.1) is 18.3 Å². The number of hydrogen-bond acceptors (Lipinski definition) is 6. The van der Waals surface area contributed by atoms with Crippen LogP contribution in [0.2, 0.25) is 0 Å². The minimum atomic E-state index is -0.179. The van der Waals surface area contributed by atoms with Gasteiger partial charge < -0.3 is 9.32 Å². The van der Waals surface area contributed by atoms with Gasteiger partial charge in [-0.2, -0.15) is 5.26 Å². The van der Waals surface area contributed by atoms with Crippen molar-refractivity contribution >= 4 is 28.6 Å². The Hall–Kier alpha value is -3.83. The van der Waals surface area contributed by atoms with Crippen molar-refractivity contribution < 1.29 is 9.21 Å². The van der Waals surface area contributed by atoms with Crippen molar-refractivity contribution in [3.05, 3.63) is 88.6 Å². The second-order valence-corrected chi connectivity index (χ2v) is 8.37. The maximum atomic E-state index is 13.4. The Bertz CT molecular complexity index is 1370. The van der Waals surface area contributed by atoms with Crippen molar-refractivity contribution in [2.75, 3.05) is 12.3 Å². The molecular formula is C25H22N4O3S. The Kier molecular flexibility index (Phi) is 6.91. The number of hydrogen-bond donors (Lipinski definition) is 0. The number of nitriles is 1. The first kappa shape index (κ1) is 22.4. The lowest BCUT2D eigenvalue weighted by Crippen LogP contribution is -2.33. The summed E-state index contributed by atoms with van der Waals surface area (Å²) in [5.74, 6) is 0.556. The van der Waals surface area contributed by atoms with E-state index in [1.165, 1.54) is 11.8 Å². The highest BCUT2D eigenvalue weighted by Gasteiger charge is 2.19. The van der Waals surface area contributed by atoms with Gasteiger partial charge in [-0.3, -0.25) is 14.2 Å². The van der Waals surface area contributed by atoms with Crippen LogP contribution in [-0.4, -0.2) is 32.7 Å². The van der Waals surface area contributed by atoms with E-state index in [4.69, 9.17) is 14.7 Å². The van der Waals surface area contributed by atoms with Gasteiger partial charge in [-0.15, -0.1) is 0 Å². The molecule has 4 aromatic rings. The van der Waals surface area contributed by atoms with Gasteiger partial charge >= 0.3 is 0 Å². The molecule has 0 aliphatic rings. The summed E-state index contributed by atoms with van der Waals surface area (Å²) in [5, 5.41) is 9.95. The molecule has 166 valence electrons. The van der Waals surface area contributed by atoms with Crippen LogP contribution < -0.4 is 5.56 Å². The summed E-state index contributed by atoms with van der Waals surface area (Å²) in [5.41, 5.74) is 2.06. The van der Waals surface area contributed by atoms with E-state index in [0.29, 0.717) is 28.4 Å². The van der Waals surface area contributed by atoms with Gasteiger partial charge in [0.1, 0.15) is 5.76 Å². The topological polar surface area (TPSA) is 92.1 Å². The molecule has 0 fully saturated rings. The molecule has 2 heterocycles. The zero-order valence-electron chi connectivity index (χ0n) is 18.1. The standard InChI is InChI=1S/C25H22N4O3S/c1-18-8-2-5-12-22(18)29-24(31)20-10-3-4-11-21(20)27-25(29)33-17-23(30)28(14-7-13-26)16-19-9-6-15-32-19/h2-6,8-12,15H,7,14,16-17H2,1H3. The van der Waals surface area contributed by atoms with Gasteiger partial charge in [-0.1, -0.05) is 42.1 Å². The molecule has 0 atom stereocenters. The number of fused-ring (bicyclic) bond motifs is 1. The molecule has 0 spiro atoms. The molecule has 0 aliphatic heterocycles. The van der Waals surface area contributed by atoms with E-state index < -0.39 is 0 Å². The van der Waals surface area contributed by atoms with Crippen LogP contribution in [0.5, 0.6) is 0 Å². The van der Waals surface area contributed by atoms with Gasteiger partial charge in [-0.05, 0) is 42.8 Å². The number of aromatic nitrogens is 2. The first-order chi connectivity index (χ1) is 16.1. The van der Waals surface area contributed by atoms with Crippen molar-refractivity contribution in [2.45, 2.75) is 25.0 Å². The number of para-hydroxylation sites is 2. The molecule has 0 saturated heterocycles. The van der Waals surface area contributed by atoms with Crippen LogP contribution >= 0.6 is 11.8 Å². The summed E-state index contributed by atoms with van der Waals surface area (Å²) >= 11 is 1.21. The third-order valence-corrected chi connectivity index (χ3v) is 6.12. The van der Waals surface area contributed by atoms with Crippen molar-refractivity contribution in [2.24, 2.45) is 0 Å². The largest absolute Gasteiger partial charge is 0.467 e. The van der Waals surface area contributed by atoms with Crippen molar-refractivity contribution in [1.29, 1.82) is 5.26 Å². The van der Waals surface area contributed by atoms with Crippen LogP contribution in [0.25, 0.3) is 16.6 Å². The van der Waals surface area contributed by atoms with Gasteiger partial charge in [0.25, 0.3) is 5.56 Å². The van der Waals surface area contributed by atoms with Crippen molar-refractivity contribution in [3.8, 4) is 11.8 Å². The SMILES string of the molecule is Cc1ccccc1-n1c(SCC(=O)N(CCC#N)Cc2ccco2)nc2ccccc2c1=O. The molecule has 0 unspecified atom stereocenters. The number of amides is 1. The number of aryl methyl sites for hydroxylation is 1. The highest BCUT2D eigenvalue weighted by molar-refractivity contribution is 7.99. The summed E-state index contributed by atoms with van der Waals surface area (Å²) in [6, 6.07) is 20.4. The van der Waals surface area contributed by atoms with Crippen LogP contribution in [0.3, 0.4) is 0 Å². The first-order valence-corrected chi connectivity index (χ1v) is 11.4. The molecule has 7 nitrogen and oxygen atoms in total. The Labute approximate surface area is 195 Å². The average molecular weight is 459 g/mol. The zero-order chi connectivity index (χ0) is 23.2. The summed E-state index contributed by atoms with van der Waals surface area (Å²) in [6.45, 7) is 2.51. The molecule has 0 aliphatic carbocycles. The van der Waals surface area contributed by atoms with E-state index in [1.807, 2.05) is 43.3 Å². The Morgan fingerprint density at radius 3 is 2.70 bits per heavy atom. The van der Waals surface area contributed by atoms with Gasteiger partial charge in [0.2, 0.25) is 5.91 Å². The number of nitrogens with zero attached hydrogens (tertiary/aromatic N) is 4. The first-order valence-electron chi connectivity index (χ1n) is 10.5. The predicted octanol–water partition coefficient (Wildman–Crippen LogP) is 4.32. The summed E-state index contributed by atoms with van der Waals surface area (Å²) in [6.07, 6.45) is 1.77. The Morgan fingerprint density at radius 2 is 1.94 bits per heavy atom. The molecule has 2 aromatic heterocycles. The van der Waals surface area contributed by atoms with E-state index >= 15 is 0 Å². The second-order valence-electron chi connectivity index (χ2n) is 7.43. The van der Waals surface area contributed by atoms with Crippen LogP contribution in [0.1, 0.15) is 17.7 Å². The second kappa shape index (κ2) is 10.2. The van der Waals surface area contributed by atoms with Crippen molar-refractivity contribution in [3.63, 3.8) is 0 Å². The summed E-state index contributed by atoms with van der Waals surface area (Å²) in [4.78, 5) is 32.7. The fourth-order valence-electron chi connectivity index (χ4n) is 3.52. The van der Waals surface area contributed by atoms with Gasteiger partial charge in [0.15, 0.2) is 5.16 Å². The number of benzene rings is 2. The van der Waals surface area contributed by atoms with Gasteiger partial charge in [0.05, 0.1) is 47.6 Å². The lowest BCUT2D eigenvalue weighted by molar-refractivity contribution is -0.129. The number of furan rings is 1. The fourth-order valence-corrected chi connectivity index (χ4v) is 4.43. The molecular weight excluding hydrogens is 436 g/mol. The van der Waals surface area contributed by atoms with E-state index in [0.717, 1.165) is 11.3 Å². The number of thioether (sulfide) groups is 1. The molecule has 4 rings (SSSR count). The maximum Gasteiger partial charge on any atom is 0.266 e. The monoisotopic (exact) mass is 458 g/mol. The molecule has 2 aromatic carbocycles. The molecule has 1 amide bonds. The molecule has 0 saturated carbocycles. The van der Waals surface area contributed by atoms with Crippen molar-refractivity contribution in [1.82, 2.24) is 14.5 Å². The molecule has 33 heavy (non-hydrogen) atoms. The average Bonchev–Trinajstić information content (AvgIpc) is 3.34. The fraction of sp³-hybridized carbons (Fsp3) is 0.200. The van der Waals surface area contributed by atoms with E-state index in [2.05, 4.69) is 6.07 Å². The molecule has 0 N–H and O–H groups in total. The lowest BCUT2D eigenvalue weighted by Gasteiger charge is -2.21. The number of rotatable bonds is 8. The third-order valence-electron chi connectivity index (χ3n) is 5.20. The summed E-state index contributed by atoms with van der Waals surface area (Å²) < 4.78 is 6.94. The maximum absolute atomic E-state index is 13.4. The van der Waals surface area contributed by atoms with Crippen LogP contribution in [0.4, 0.5) is 0 Å². The molecule has 0 bridgehead atoms. The zero-order valence-corrected chi connectivity index (χ0v) is 18.9. The Morgan fingerprint density at radius 1 is 1.15 bits per heavy atom. The van der Waals surface area contributed by atoms with Crippen LogP contribution in [-0.2, 0) is 11.3 Å². The number of carbonyl (C=O) groups is 1. The minimum absolute atomic E-state index is 0.0722. The third kappa shape index (κ3) is 4.99. The lowest BCUT2D eigenvalue weighted by atomic mass is 10.2. The predicted molar refractivity (Wildman–Crippen MR) is 127 cm³/mol. The quantitative estimate of drug-likeness (QED) is 0.288. The normalized spacial score (nSPS) is 10.8. The van der Waals surface area contributed by atoms with E-state index in [-0.39, 0.29) is 30.2 Å². The highest BCUT2D eigenvalue weighted by atomic mass is 32.2. The van der Waals surface area contributed by atoms with Gasteiger partial charge in [0, 0.05) is 6.54 Å².